The number of carbonyl (C=O) groups is 1. The molecule has 0 aromatic rings. The van der Waals surface area contributed by atoms with E-state index in [1.165, 1.54) is 6.08 Å². The van der Waals surface area contributed by atoms with Gasteiger partial charge in [-0.3, -0.25) is 4.79 Å². The molecule has 0 rings (SSSR count). The Balaban J connectivity index is -0.000000105. The van der Waals surface area contributed by atoms with Crippen LogP contribution in [0.3, 0.4) is 0 Å². The molecule has 0 bridgehead atoms. The van der Waals surface area contributed by atoms with E-state index in [1.54, 1.807) is 0 Å². The van der Waals surface area contributed by atoms with Gasteiger partial charge < -0.3 is 16.0 Å². The standard InChI is InChI=1S/C7H14N2O.C3H9N.2ClH/c1-4-6(10)9-7(2,3)5-8;1-4(2)3;;/h4H,1,5,8H2,2-3H3,(H,9,10);1-3H3;2*1H. The first-order valence-corrected chi connectivity index (χ1v) is 4.50. The van der Waals surface area contributed by atoms with E-state index in [0.717, 1.165) is 0 Å². The zero-order valence-electron chi connectivity index (χ0n) is 10.7. The van der Waals surface area contributed by atoms with Gasteiger partial charge in [0.25, 0.3) is 0 Å². The van der Waals surface area contributed by atoms with Crippen molar-refractivity contribution in [3.63, 3.8) is 0 Å². The van der Waals surface area contributed by atoms with Gasteiger partial charge in [-0.1, -0.05) is 6.58 Å². The molecule has 0 atom stereocenters. The van der Waals surface area contributed by atoms with E-state index >= 15 is 0 Å². The second-order valence-electron chi connectivity index (χ2n) is 4.12. The Morgan fingerprint density at radius 3 is 1.88 bits per heavy atom. The lowest BCUT2D eigenvalue weighted by molar-refractivity contribution is -0.117. The summed E-state index contributed by atoms with van der Waals surface area (Å²) < 4.78 is 0. The van der Waals surface area contributed by atoms with Gasteiger partial charge in [0.05, 0.1) is 0 Å². The minimum Gasteiger partial charge on any atom is -0.346 e. The van der Waals surface area contributed by atoms with Crippen LogP contribution < -0.4 is 11.1 Å². The van der Waals surface area contributed by atoms with Crippen molar-refractivity contribution in [3.05, 3.63) is 12.7 Å². The van der Waals surface area contributed by atoms with E-state index in [9.17, 15) is 4.79 Å². The molecule has 0 saturated carbocycles. The van der Waals surface area contributed by atoms with Gasteiger partial charge in [-0.25, -0.2) is 0 Å². The monoisotopic (exact) mass is 273 g/mol. The molecule has 0 spiro atoms. The van der Waals surface area contributed by atoms with Gasteiger partial charge in [0, 0.05) is 12.1 Å². The number of nitrogens with two attached hydrogens (primary N) is 1. The van der Waals surface area contributed by atoms with E-state index in [2.05, 4.69) is 11.9 Å². The number of carbonyl (C=O) groups excluding carboxylic acids is 1. The number of rotatable bonds is 3. The minimum atomic E-state index is -0.328. The fourth-order valence-corrected chi connectivity index (χ4v) is 0.436. The lowest BCUT2D eigenvalue weighted by Gasteiger charge is -2.22. The van der Waals surface area contributed by atoms with E-state index < -0.39 is 0 Å². The van der Waals surface area contributed by atoms with Gasteiger partial charge in [0.1, 0.15) is 0 Å². The number of hydrogen-bond donors (Lipinski definition) is 2. The summed E-state index contributed by atoms with van der Waals surface area (Å²) in [5.74, 6) is -0.185. The molecular formula is C10H25Cl2N3O. The van der Waals surface area contributed by atoms with Crippen LogP contribution in [0, 0.1) is 0 Å². The fourth-order valence-electron chi connectivity index (χ4n) is 0.436. The Kier molecular flexibility index (Phi) is 19.8. The van der Waals surface area contributed by atoms with E-state index in [-0.39, 0.29) is 36.3 Å². The van der Waals surface area contributed by atoms with Crippen LogP contribution >= 0.6 is 24.8 Å². The van der Waals surface area contributed by atoms with Crippen LogP contribution in [0.15, 0.2) is 12.7 Å². The molecule has 0 unspecified atom stereocenters. The molecule has 4 nitrogen and oxygen atoms in total. The Morgan fingerprint density at radius 1 is 1.38 bits per heavy atom. The van der Waals surface area contributed by atoms with Crippen molar-refractivity contribution < 1.29 is 4.79 Å². The average Bonchev–Trinajstić information content (AvgIpc) is 2.02. The smallest absolute Gasteiger partial charge is 0.243 e. The maximum atomic E-state index is 10.7. The summed E-state index contributed by atoms with van der Waals surface area (Å²) in [6.07, 6.45) is 1.23. The van der Waals surface area contributed by atoms with Crippen LogP contribution in [0.4, 0.5) is 0 Å². The zero-order valence-corrected chi connectivity index (χ0v) is 12.4. The lowest BCUT2D eigenvalue weighted by atomic mass is 10.1. The fraction of sp³-hybridized carbons (Fsp3) is 0.700. The summed E-state index contributed by atoms with van der Waals surface area (Å²) in [4.78, 5) is 12.7. The maximum Gasteiger partial charge on any atom is 0.243 e. The normalized spacial score (nSPS) is 8.94. The summed E-state index contributed by atoms with van der Waals surface area (Å²) in [6, 6.07) is 0. The van der Waals surface area contributed by atoms with Gasteiger partial charge in [-0.2, -0.15) is 0 Å². The van der Waals surface area contributed by atoms with Crippen molar-refractivity contribution in [3.8, 4) is 0 Å². The third-order valence-electron chi connectivity index (χ3n) is 1.16. The largest absolute Gasteiger partial charge is 0.346 e. The molecule has 0 aromatic heterocycles. The second-order valence-corrected chi connectivity index (χ2v) is 4.12. The molecule has 0 heterocycles. The predicted molar refractivity (Wildman–Crippen MR) is 75.6 cm³/mol. The maximum absolute atomic E-state index is 10.7. The van der Waals surface area contributed by atoms with Crippen LogP contribution in [0.25, 0.3) is 0 Å². The van der Waals surface area contributed by atoms with Gasteiger partial charge in [-0.05, 0) is 41.1 Å². The topological polar surface area (TPSA) is 58.4 Å². The molecule has 6 heteroatoms. The number of nitrogens with zero attached hydrogens (tertiary/aromatic N) is 1. The lowest BCUT2D eigenvalue weighted by Crippen LogP contribution is -2.48. The molecule has 0 saturated heterocycles. The van der Waals surface area contributed by atoms with Gasteiger partial charge in [0.2, 0.25) is 5.91 Å². The van der Waals surface area contributed by atoms with Crippen LogP contribution in [-0.4, -0.2) is 44.0 Å². The van der Waals surface area contributed by atoms with Crippen molar-refractivity contribution in [2.45, 2.75) is 19.4 Å². The molecule has 0 aromatic carbocycles. The Labute approximate surface area is 111 Å². The summed E-state index contributed by atoms with van der Waals surface area (Å²) in [5.41, 5.74) is 5.03. The first-order chi connectivity index (χ1) is 6.25. The van der Waals surface area contributed by atoms with E-state index in [1.807, 2.05) is 39.9 Å². The second kappa shape index (κ2) is 12.8. The van der Waals surface area contributed by atoms with Gasteiger partial charge in [0.15, 0.2) is 0 Å². The highest BCUT2D eigenvalue weighted by Crippen LogP contribution is 1.97. The van der Waals surface area contributed by atoms with Crippen molar-refractivity contribution >= 4 is 30.7 Å². The average molecular weight is 274 g/mol. The first kappa shape index (κ1) is 24.8. The number of halogens is 2. The molecule has 1 amide bonds. The molecule has 16 heavy (non-hydrogen) atoms. The third kappa shape index (κ3) is 23.5. The molecule has 0 aliphatic heterocycles. The summed E-state index contributed by atoms with van der Waals surface area (Å²) in [6.45, 7) is 7.46. The van der Waals surface area contributed by atoms with Crippen LogP contribution in [0.1, 0.15) is 13.8 Å². The molecule has 0 aliphatic rings. The highest BCUT2D eigenvalue weighted by atomic mass is 35.5. The predicted octanol–water partition coefficient (Wildman–Crippen LogP) is 1.05. The Bertz CT molecular complexity index is 182. The van der Waals surface area contributed by atoms with Crippen LogP contribution in [0.2, 0.25) is 0 Å². The van der Waals surface area contributed by atoms with Crippen LogP contribution in [-0.2, 0) is 4.79 Å². The van der Waals surface area contributed by atoms with Crippen molar-refractivity contribution in [2.24, 2.45) is 5.73 Å². The first-order valence-electron chi connectivity index (χ1n) is 4.50. The van der Waals surface area contributed by atoms with Crippen molar-refractivity contribution in [2.75, 3.05) is 27.7 Å². The van der Waals surface area contributed by atoms with E-state index in [4.69, 9.17) is 5.73 Å². The highest BCUT2D eigenvalue weighted by molar-refractivity contribution is 5.87. The molecule has 0 fully saturated rings. The summed E-state index contributed by atoms with van der Waals surface area (Å²) in [7, 11) is 6.00. The minimum absolute atomic E-state index is 0. The Hall–Kier alpha value is -0.290. The van der Waals surface area contributed by atoms with Gasteiger partial charge in [-0.15, -0.1) is 24.8 Å². The number of nitrogens with one attached hydrogen (secondary N) is 1. The molecule has 100 valence electrons. The number of amides is 1. The van der Waals surface area contributed by atoms with Gasteiger partial charge >= 0.3 is 0 Å². The molecular weight excluding hydrogens is 249 g/mol. The van der Waals surface area contributed by atoms with Crippen molar-refractivity contribution in [1.29, 1.82) is 0 Å². The number of hydrogen-bond acceptors (Lipinski definition) is 3. The third-order valence-corrected chi connectivity index (χ3v) is 1.16. The molecule has 3 N–H and O–H groups in total. The highest BCUT2D eigenvalue weighted by Gasteiger charge is 2.15. The van der Waals surface area contributed by atoms with E-state index in [0.29, 0.717) is 6.54 Å². The molecule has 0 aliphatic carbocycles. The Morgan fingerprint density at radius 2 is 1.69 bits per heavy atom. The quantitative estimate of drug-likeness (QED) is 0.756. The van der Waals surface area contributed by atoms with Crippen LogP contribution in [0.5, 0.6) is 0 Å². The van der Waals surface area contributed by atoms with Crippen molar-refractivity contribution in [1.82, 2.24) is 10.2 Å². The summed E-state index contributed by atoms with van der Waals surface area (Å²) >= 11 is 0. The summed E-state index contributed by atoms with van der Waals surface area (Å²) in [5, 5.41) is 2.67. The molecule has 0 radical (unpaired) electrons. The SMILES string of the molecule is C=CC(=O)NC(C)(C)CN.CN(C)C.Cl.Cl. The zero-order chi connectivity index (χ0) is 11.8.